The van der Waals surface area contributed by atoms with Crippen LogP contribution in [0.4, 0.5) is 5.69 Å². The molecule has 4 heteroatoms. The molecule has 1 saturated heterocycles. The van der Waals surface area contributed by atoms with Gasteiger partial charge in [0.15, 0.2) is 0 Å². The van der Waals surface area contributed by atoms with Gasteiger partial charge >= 0.3 is 0 Å². The summed E-state index contributed by atoms with van der Waals surface area (Å²) in [6, 6.07) is 10.2. The number of hydrogen-bond donors (Lipinski definition) is 1. The third kappa shape index (κ3) is 2.62. The van der Waals surface area contributed by atoms with Gasteiger partial charge in [0, 0.05) is 19.3 Å². The lowest BCUT2D eigenvalue weighted by Crippen LogP contribution is -2.53. The Hall–Kier alpha value is -0.770. The number of hydrogen-bond acceptors (Lipinski definition) is 3. The highest BCUT2D eigenvalue weighted by molar-refractivity contribution is 6.19. The number of morpholine rings is 1. The molecule has 1 aromatic rings. The average molecular weight is 227 g/mol. The standard InChI is InChI=1S/C11H15ClN2O/c1-14(9-5-3-2-4-6-9)11-8-15-10(12)7-13-11/h2-6,10-11,13H,7-8H2,1H3. The molecule has 2 atom stereocenters. The highest BCUT2D eigenvalue weighted by Gasteiger charge is 2.22. The Morgan fingerprint density at radius 3 is 2.73 bits per heavy atom. The molecule has 1 aliphatic rings. The molecule has 1 aliphatic heterocycles. The molecule has 2 unspecified atom stereocenters. The van der Waals surface area contributed by atoms with Gasteiger partial charge in [0.2, 0.25) is 0 Å². The van der Waals surface area contributed by atoms with Crippen molar-refractivity contribution in [3.05, 3.63) is 30.3 Å². The highest BCUT2D eigenvalue weighted by Crippen LogP contribution is 2.15. The van der Waals surface area contributed by atoms with Crippen LogP contribution in [0.2, 0.25) is 0 Å². The number of rotatable bonds is 2. The molecule has 1 heterocycles. The van der Waals surface area contributed by atoms with Crippen molar-refractivity contribution in [2.24, 2.45) is 0 Å². The number of halogens is 1. The molecular weight excluding hydrogens is 212 g/mol. The van der Waals surface area contributed by atoms with Crippen LogP contribution >= 0.6 is 11.6 Å². The van der Waals surface area contributed by atoms with E-state index in [1.807, 2.05) is 25.2 Å². The van der Waals surface area contributed by atoms with Crippen molar-refractivity contribution in [3.63, 3.8) is 0 Å². The van der Waals surface area contributed by atoms with Gasteiger partial charge in [0.25, 0.3) is 0 Å². The lowest BCUT2D eigenvalue weighted by atomic mass is 10.2. The monoisotopic (exact) mass is 226 g/mol. The average Bonchev–Trinajstić information content (AvgIpc) is 2.30. The second kappa shape index (κ2) is 4.84. The number of benzene rings is 1. The van der Waals surface area contributed by atoms with Gasteiger partial charge in [-0.25, -0.2) is 0 Å². The molecule has 1 aromatic carbocycles. The van der Waals surface area contributed by atoms with Gasteiger partial charge in [0.1, 0.15) is 11.7 Å². The van der Waals surface area contributed by atoms with Crippen molar-refractivity contribution in [1.82, 2.24) is 5.32 Å². The van der Waals surface area contributed by atoms with Crippen LogP contribution in [-0.4, -0.2) is 31.9 Å². The normalized spacial score (nSPS) is 26.3. The number of anilines is 1. The molecule has 0 bridgehead atoms. The van der Waals surface area contributed by atoms with E-state index in [0.29, 0.717) is 13.2 Å². The number of alkyl halides is 1. The van der Waals surface area contributed by atoms with Crippen molar-refractivity contribution in [1.29, 1.82) is 0 Å². The van der Waals surface area contributed by atoms with E-state index in [9.17, 15) is 0 Å². The molecule has 0 saturated carbocycles. The topological polar surface area (TPSA) is 24.5 Å². The Bertz CT molecular complexity index is 299. The molecule has 0 aromatic heterocycles. The maximum Gasteiger partial charge on any atom is 0.143 e. The lowest BCUT2D eigenvalue weighted by Gasteiger charge is -2.35. The van der Waals surface area contributed by atoms with E-state index in [1.54, 1.807) is 0 Å². The molecule has 3 nitrogen and oxygen atoms in total. The molecule has 2 rings (SSSR count). The fourth-order valence-electron chi connectivity index (χ4n) is 1.63. The van der Waals surface area contributed by atoms with Gasteiger partial charge in [-0.2, -0.15) is 0 Å². The van der Waals surface area contributed by atoms with Crippen LogP contribution in [0.5, 0.6) is 0 Å². The third-order valence-electron chi connectivity index (χ3n) is 2.58. The van der Waals surface area contributed by atoms with Crippen molar-refractivity contribution in [3.8, 4) is 0 Å². The second-order valence-electron chi connectivity index (χ2n) is 3.61. The van der Waals surface area contributed by atoms with Gasteiger partial charge in [-0.15, -0.1) is 0 Å². The minimum absolute atomic E-state index is 0.197. The fourth-order valence-corrected chi connectivity index (χ4v) is 1.80. The van der Waals surface area contributed by atoms with Gasteiger partial charge in [-0.05, 0) is 12.1 Å². The zero-order valence-corrected chi connectivity index (χ0v) is 9.45. The van der Waals surface area contributed by atoms with Crippen LogP contribution in [0.1, 0.15) is 0 Å². The largest absolute Gasteiger partial charge is 0.358 e. The van der Waals surface area contributed by atoms with E-state index >= 15 is 0 Å². The number of para-hydroxylation sites is 1. The smallest absolute Gasteiger partial charge is 0.143 e. The predicted octanol–water partition coefficient (Wildman–Crippen LogP) is 1.63. The van der Waals surface area contributed by atoms with Gasteiger partial charge in [-0.1, -0.05) is 29.8 Å². The van der Waals surface area contributed by atoms with Crippen molar-refractivity contribution in [2.75, 3.05) is 25.1 Å². The van der Waals surface area contributed by atoms with E-state index in [-0.39, 0.29) is 11.7 Å². The Labute approximate surface area is 95.0 Å². The van der Waals surface area contributed by atoms with Crippen LogP contribution in [0.3, 0.4) is 0 Å². The summed E-state index contributed by atoms with van der Waals surface area (Å²) in [6.07, 6.45) is 0.197. The Kier molecular flexibility index (Phi) is 3.46. The van der Waals surface area contributed by atoms with E-state index in [4.69, 9.17) is 16.3 Å². The first-order valence-corrected chi connectivity index (χ1v) is 5.48. The SMILES string of the molecule is CN(c1ccccc1)C1COC(Cl)CN1. The first-order valence-electron chi connectivity index (χ1n) is 5.04. The van der Waals surface area contributed by atoms with Crippen LogP contribution in [0.25, 0.3) is 0 Å². The van der Waals surface area contributed by atoms with Crippen molar-refractivity contribution in [2.45, 2.75) is 11.7 Å². The molecule has 0 aliphatic carbocycles. The first kappa shape index (κ1) is 10.7. The van der Waals surface area contributed by atoms with E-state index in [2.05, 4.69) is 22.3 Å². The maximum absolute atomic E-state index is 5.83. The third-order valence-corrected chi connectivity index (χ3v) is 2.86. The Morgan fingerprint density at radius 1 is 1.40 bits per heavy atom. The first-order chi connectivity index (χ1) is 7.27. The summed E-state index contributed by atoms with van der Waals surface area (Å²) < 4.78 is 5.39. The van der Waals surface area contributed by atoms with Gasteiger partial charge < -0.3 is 9.64 Å². The number of likely N-dealkylation sites (N-methyl/N-ethyl adjacent to an activating group) is 1. The summed E-state index contributed by atoms with van der Waals surface area (Å²) in [5.74, 6) is 0. The fraction of sp³-hybridized carbons (Fsp3) is 0.455. The number of ether oxygens (including phenoxy) is 1. The molecule has 1 N–H and O–H groups in total. The summed E-state index contributed by atoms with van der Waals surface area (Å²) in [7, 11) is 2.05. The number of nitrogens with one attached hydrogen (secondary N) is 1. The maximum atomic E-state index is 5.83. The highest BCUT2D eigenvalue weighted by atomic mass is 35.5. The lowest BCUT2D eigenvalue weighted by molar-refractivity contribution is 0.0513. The zero-order chi connectivity index (χ0) is 10.7. The van der Waals surface area contributed by atoms with E-state index in [0.717, 1.165) is 0 Å². The Morgan fingerprint density at radius 2 is 2.13 bits per heavy atom. The summed E-state index contributed by atoms with van der Waals surface area (Å²) in [6.45, 7) is 1.29. The molecule has 15 heavy (non-hydrogen) atoms. The minimum Gasteiger partial charge on any atom is -0.358 e. The zero-order valence-electron chi connectivity index (χ0n) is 8.69. The van der Waals surface area contributed by atoms with Crippen LogP contribution in [-0.2, 0) is 4.74 Å². The molecule has 1 fully saturated rings. The van der Waals surface area contributed by atoms with E-state index in [1.165, 1.54) is 5.69 Å². The van der Waals surface area contributed by atoms with Crippen LogP contribution < -0.4 is 10.2 Å². The predicted molar refractivity (Wildman–Crippen MR) is 62.2 cm³/mol. The molecule has 0 radical (unpaired) electrons. The summed E-state index contributed by atoms with van der Waals surface area (Å²) in [5, 5.41) is 3.34. The molecule has 0 amide bonds. The minimum atomic E-state index is -0.203. The van der Waals surface area contributed by atoms with Crippen LogP contribution in [0, 0.1) is 0 Å². The summed E-state index contributed by atoms with van der Waals surface area (Å²) >= 11 is 5.83. The second-order valence-corrected chi connectivity index (χ2v) is 4.10. The van der Waals surface area contributed by atoms with Crippen molar-refractivity contribution < 1.29 is 4.74 Å². The van der Waals surface area contributed by atoms with Gasteiger partial charge in [-0.3, -0.25) is 5.32 Å². The van der Waals surface area contributed by atoms with Crippen molar-refractivity contribution >= 4 is 17.3 Å². The van der Waals surface area contributed by atoms with Crippen LogP contribution in [0.15, 0.2) is 30.3 Å². The Balaban J connectivity index is 1.99. The number of nitrogens with zero attached hydrogens (tertiary/aromatic N) is 1. The van der Waals surface area contributed by atoms with Gasteiger partial charge in [0.05, 0.1) is 6.61 Å². The molecule has 82 valence electrons. The quantitative estimate of drug-likeness (QED) is 0.776. The summed E-state index contributed by atoms with van der Waals surface area (Å²) in [4.78, 5) is 2.16. The molecular formula is C11H15ClN2O. The summed E-state index contributed by atoms with van der Waals surface area (Å²) in [5.41, 5.74) is 0.969. The molecule has 0 spiro atoms. The van der Waals surface area contributed by atoms with E-state index < -0.39 is 0 Å².